The molecular weight excluding hydrogens is 350 g/mol. The van der Waals surface area contributed by atoms with Gasteiger partial charge in [-0.3, -0.25) is 14.7 Å². The number of piperidine rings is 1. The van der Waals surface area contributed by atoms with Crippen molar-refractivity contribution in [3.8, 4) is 0 Å². The Kier molecular flexibility index (Phi) is 9.83. The third kappa shape index (κ3) is 7.50. The van der Waals surface area contributed by atoms with Crippen LogP contribution in [0.15, 0.2) is 29.3 Å². The molecule has 28 heavy (non-hydrogen) atoms. The highest BCUT2D eigenvalue weighted by atomic mass is 16.1. The SMILES string of the molecule is CCCC(=O)Nc1cccc(CNC(=NC)NCCN2CCCCC2CC)c1. The van der Waals surface area contributed by atoms with E-state index in [9.17, 15) is 4.79 Å². The molecule has 1 fully saturated rings. The zero-order valence-corrected chi connectivity index (χ0v) is 17.8. The molecule has 0 aromatic heterocycles. The topological polar surface area (TPSA) is 68.8 Å². The van der Waals surface area contributed by atoms with Gasteiger partial charge in [-0.15, -0.1) is 0 Å². The van der Waals surface area contributed by atoms with E-state index in [0.717, 1.165) is 42.8 Å². The smallest absolute Gasteiger partial charge is 0.224 e. The van der Waals surface area contributed by atoms with Gasteiger partial charge in [0.05, 0.1) is 0 Å². The minimum atomic E-state index is 0.0631. The number of rotatable bonds is 9. The Morgan fingerprint density at radius 2 is 2.11 bits per heavy atom. The molecule has 6 nitrogen and oxygen atoms in total. The van der Waals surface area contributed by atoms with Crippen LogP contribution >= 0.6 is 0 Å². The number of likely N-dealkylation sites (tertiary alicyclic amines) is 1. The summed E-state index contributed by atoms with van der Waals surface area (Å²) in [6.45, 7) is 8.12. The van der Waals surface area contributed by atoms with E-state index in [1.165, 1.54) is 32.2 Å². The second-order valence-electron chi connectivity index (χ2n) is 7.44. The molecule has 0 radical (unpaired) electrons. The number of hydrogen-bond donors (Lipinski definition) is 3. The highest BCUT2D eigenvalue weighted by Crippen LogP contribution is 2.18. The lowest BCUT2D eigenvalue weighted by atomic mass is 10.0. The molecule has 156 valence electrons. The zero-order chi connectivity index (χ0) is 20.2. The molecule has 0 spiro atoms. The van der Waals surface area contributed by atoms with Gasteiger partial charge in [-0.1, -0.05) is 32.4 Å². The van der Waals surface area contributed by atoms with Crippen molar-refractivity contribution in [3.05, 3.63) is 29.8 Å². The first-order valence-electron chi connectivity index (χ1n) is 10.7. The molecule has 1 heterocycles. The number of carbonyl (C=O) groups is 1. The van der Waals surface area contributed by atoms with Crippen molar-refractivity contribution in [2.75, 3.05) is 32.0 Å². The van der Waals surface area contributed by atoms with Crippen molar-refractivity contribution in [1.29, 1.82) is 0 Å². The Labute approximate surface area is 170 Å². The van der Waals surface area contributed by atoms with Crippen molar-refractivity contribution >= 4 is 17.6 Å². The predicted molar refractivity (Wildman–Crippen MR) is 118 cm³/mol. The minimum Gasteiger partial charge on any atom is -0.355 e. The molecule has 6 heteroatoms. The van der Waals surface area contributed by atoms with Crippen LogP contribution in [0.25, 0.3) is 0 Å². The van der Waals surface area contributed by atoms with E-state index < -0.39 is 0 Å². The maximum Gasteiger partial charge on any atom is 0.224 e. The normalized spacial score (nSPS) is 18.0. The Hall–Kier alpha value is -2.08. The zero-order valence-electron chi connectivity index (χ0n) is 17.8. The van der Waals surface area contributed by atoms with Crippen molar-refractivity contribution < 1.29 is 4.79 Å². The third-order valence-electron chi connectivity index (χ3n) is 5.28. The van der Waals surface area contributed by atoms with Gasteiger partial charge in [-0.25, -0.2) is 0 Å². The molecule has 3 N–H and O–H groups in total. The van der Waals surface area contributed by atoms with Gasteiger partial charge in [0.2, 0.25) is 5.91 Å². The Morgan fingerprint density at radius 3 is 2.86 bits per heavy atom. The molecule has 0 saturated carbocycles. The second kappa shape index (κ2) is 12.4. The molecule has 0 bridgehead atoms. The first kappa shape index (κ1) is 22.2. The van der Waals surface area contributed by atoms with Crippen molar-refractivity contribution in [2.45, 2.75) is 65.0 Å². The molecule has 1 unspecified atom stereocenters. The maximum atomic E-state index is 11.8. The summed E-state index contributed by atoms with van der Waals surface area (Å²) in [6, 6.07) is 8.68. The first-order chi connectivity index (χ1) is 13.7. The molecule has 0 aliphatic carbocycles. The van der Waals surface area contributed by atoms with E-state index >= 15 is 0 Å². The highest BCUT2D eigenvalue weighted by molar-refractivity contribution is 5.90. The van der Waals surface area contributed by atoms with Gasteiger partial charge in [0, 0.05) is 44.8 Å². The monoisotopic (exact) mass is 387 g/mol. The first-order valence-corrected chi connectivity index (χ1v) is 10.7. The van der Waals surface area contributed by atoms with E-state index in [1.54, 1.807) is 7.05 Å². The number of nitrogens with zero attached hydrogens (tertiary/aromatic N) is 2. The molecule has 1 aliphatic heterocycles. The summed E-state index contributed by atoms with van der Waals surface area (Å²) in [7, 11) is 1.80. The fourth-order valence-corrected chi connectivity index (χ4v) is 3.75. The standard InChI is InChI=1S/C22H37N5O/c1-4-9-21(28)26-19-11-8-10-18(16-19)17-25-22(23-3)24-13-15-27-14-7-6-12-20(27)5-2/h8,10-11,16,20H,4-7,9,12-15,17H2,1-3H3,(H,26,28)(H2,23,24,25). The number of hydrogen-bond acceptors (Lipinski definition) is 3. The van der Waals surface area contributed by atoms with E-state index in [4.69, 9.17) is 0 Å². The summed E-state index contributed by atoms with van der Waals surface area (Å²) >= 11 is 0. The number of benzene rings is 1. The molecule has 1 saturated heterocycles. The lowest BCUT2D eigenvalue weighted by molar-refractivity contribution is -0.116. The van der Waals surface area contributed by atoms with Gasteiger partial charge < -0.3 is 16.0 Å². The van der Waals surface area contributed by atoms with Crippen LogP contribution in [-0.4, -0.2) is 49.5 Å². The molecule has 1 aliphatic rings. The van der Waals surface area contributed by atoms with Crippen LogP contribution in [-0.2, 0) is 11.3 Å². The largest absolute Gasteiger partial charge is 0.355 e. The number of aliphatic imine (C=N–C) groups is 1. The van der Waals surface area contributed by atoms with E-state index in [1.807, 2.05) is 25.1 Å². The van der Waals surface area contributed by atoms with Gasteiger partial charge >= 0.3 is 0 Å². The summed E-state index contributed by atoms with van der Waals surface area (Å²) in [5.74, 6) is 0.874. The molecule has 2 rings (SSSR count). The summed E-state index contributed by atoms with van der Waals surface area (Å²) in [5, 5.41) is 9.73. The Bertz CT molecular complexity index is 631. The van der Waals surface area contributed by atoms with Gasteiger partial charge in [-0.05, 0) is 49.9 Å². The second-order valence-corrected chi connectivity index (χ2v) is 7.44. The Balaban J connectivity index is 1.76. The summed E-state index contributed by atoms with van der Waals surface area (Å²) < 4.78 is 0. The number of anilines is 1. The fraction of sp³-hybridized carbons (Fsp3) is 0.636. The number of guanidine groups is 1. The van der Waals surface area contributed by atoms with E-state index in [-0.39, 0.29) is 5.91 Å². The van der Waals surface area contributed by atoms with E-state index in [0.29, 0.717) is 13.0 Å². The molecule has 1 amide bonds. The number of nitrogens with one attached hydrogen (secondary N) is 3. The van der Waals surface area contributed by atoms with Gasteiger partial charge in [0.1, 0.15) is 0 Å². The van der Waals surface area contributed by atoms with Crippen molar-refractivity contribution in [3.63, 3.8) is 0 Å². The van der Waals surface area contributed by atoms with Crippen LogP contribution in [0.5, 0.6) is 0 Å². The van der Waals surface area contributed by atoms with Gasteiger partial charge in [0.25, 0.3) is 0 Å². The average Bonchev–Trinajstić information content (AvgIpc) is 2.71. The quantitative estimate of drug-likeness (QED) is 0.449. The summed E-state index contributed by atoms with van der Waals surface area (Å²) in [6.07, 6.45) is 6.64. The highest BCUT2D eigenvalue weighted by Gasteiger charge is 2.19. The van der Waals surface area contributed by atoms with E-state index in [2.05, 4.69) is 38.8 Å². The minimum absolute atomic E-state index is 0.0631. The summed E-state index contributed by atoms with van der Waals surface area (Å²) in [4.78, 5) is 18.7. The van der Waals surface area contributed by atoms with Crippen LogP contribution in [0, 0.1) is 0 Å². The summed E-state index contributed by atoms with van der Waals surface area (Å²) in [5.41, 5.74) is 1.95. The van der Waals surface area contributed by atoms with Crippen LogP contribution in [0.3, 0.4) is 0 Å². The van der Waals surface area contributed by atoms with Gasteiger partial charge in [0.15, 0.2) is 5.96 Å². The third-order valence-corrected chi connectivity index (χ3v) is 5.28. The van der Waals surface area contributed by atoms with Crippen molar-refractivity contribution in [1.82, 2.24) is 15.5 Å². The van der Waals surface area contributed by atoms with Crippen LogP contribution in [0.2, 0.25) is 0 Å². The lowest BCUT2D eigenvalue weighted by Gasteiger charge is -2.35. The fourth-order valence-electron chi connectivity index (χ4n) is 3.75. The Morgan fingerprint density at radius 1 is 1.25 bits per heavy atom. The molecular formula is C22H37N5O. The molecule has 1 atom stereocenters. The van der Waals surface area contributed by atoms with Gasteiger partial charge in [-0.2, -0.15) is 0 Å². The molecule has 1 aromatic rings. The van der Waals surface area contributed by atoms with Crippen LogP contribution in [0.4, 0.5) is 5.69 Å². The number of carbonyl (C=O) groups excluding carboxylic acids is 1. The molecule has 1 aromatic carbocycles. The lowest BCUT2D eigenvalue weighted by Crippen LogP contribution is -2.45. The average molecular weight is 388 g/mol. The van der Waals surface area contributed by atoms with Crippen molar-refractivity contribution in [2.24, 2.45) is 4.99 Å². The van der Waals surface area contributed by atoms with Crippen LogP contribution < -0.4 is 16.0 Å². The maximum absolute atomic E-state index is 11.8. The van der Waals surface area contributed by atoms with Crippen LogP contribution in [0.1, 0.15) is 57.9 Å². The predicted octanol–water partition coefficient (Wildman–Crippen LogP) is 3.35. The number of amides is 1.